The lowest BCUT2D eigenvalue weighted by Crippen LogP contribution is -2.49. The summed E-state index contributed by atoms with van der Waals surface area (Å²) >= 11 is 0. The topological polar surface area (TPSA) is 145 Å². The number of aliphatic carboxylic acids is 1. The Bertz CT molecular complexity index is 518. The van der Waals surface area contributed by atoms with Crippen LogP contribution in [0.2, 0.25) is 0 Å². The van der Waals surface area contributed by atoms with E-state index in [1.807, 2.05) is 0 Å². The van der Waals surface area contributed by atoms with E-state index in [0.29, 0.717) is 0 Å². The van der Waals surface area contributed by atoms with Crippen LogP contribution in [0, 0.1) is 5.92 Å². The fourth-order valence-corrected chi connectivity index (χ4v) is 2.01. The average molecular weight is 375 g/mol. The van der Waals surface area contributed by atoms with E-state index in [9.17, 15) is 29.1 Å². The maximum absolute atomic E-state index is 12.0. The van der Waals surface area contributed by atoms with Gasteiger partial charge < -0.3 is 24.6 Å². The Morgan fingerprint density at radius 3 is 1.88 bits per heavy atom. The molecule has 0 rings (SSSR count). The third-order valence-electron chi connectivity index (χ3n) is 3.13. The predicted octanol–water partition coefficient (Wildman–Crippen LogP) is 0.0316. The van der Waals surface area contributed by atoms with Crippen LogP contribution in [0.1, 0.15) is 40.0 Å². The van der Waals surface area contributed by atoms with Crippen molar-refractivity contribution in [3.05, 3.63) is 0 Å². The molecule has 0 aliphatic carbocycles. The number of esters is 3. The lowest BCUT2D eigenvalue weighted by molar-refractivity contribution is -0.160. The van der Waals surface area contributed by atoms with E-state index in [4.69, 9.17) is 9.47 Å². The number of carbonyl (C=O) groups excluding carboxylic acids is 4. The van der Waals surface area contributed by atoms with E-state index in [1.165, 1.54) is 6.92 Å². The highest BCUT2D eigenvalue weighted by molar-refractivity contribution is 5.91. The number of hydrogen-bond donors (Lipinski definition) is 2. The molecule has 2 N–H and O–H groups in total. The second-order valence-corrected chi connectivity index (χ2v) is 5.06. The average Bonchev–Trinajstić information content (AvgIpc) is 2.56. The van der Waals surface area contributed by atoms with Crippen LogP contribution in [0.25, 0.3) is 0 Å². The summed E-state index contributed by atoms with van der Waals surface area (Å²) in [5.74, 6) is -6.10. The van der Waals surface area contributed by atoms with Crippen molar-refractivity contribution in [3.63, 3.8) is 0 Å². The fourth-order valence-electron chi connectivity index (χ4n) is 2.01. The third-order valence-corrected chi connectivity index (χ3v) is 3.13. The lowest BCUT2D eigenvalue weighted by atomic mass is 9.95. The van der Waals surface area contributed by atoms with Gasteiger partial charge in [-0.05, 0) is 20.8 Å². The van der Waals surface area contributed by atoms with Crippen molar-refractivity contribution >= 4 is 29.8 Å². The molecule has 0 heterocycles. The molecule has 0 radical (unpaired) electrons. The van der Waals surface area contributed by atoms with Gasteiger partial charge in [0.05, 0.1) is 38.6 Å². The summed E-state index contributed by atoms with van der Waals surface area (Å²) in [7, 11) is 0. The zero-order valence-corrected chi connectivity index (χ0v) is 15.1. The molecular formula is C16H25NO9. The van der Waals surface area contributed by atoms with Gasteiger partial charge in [0.15, 0.2) is 0 Å². The molecule has 26 heavy (non-hydrogen) atoms. The first kappa shape index (κ1) is 23.4. The van der Waals surface area contributed by atoms with Gasteiger partial charge >= 0.3 is 23.9 Å². The van der Waals surface area contributed by atoms with Crippen LogP contribution in [-0.4, -0.2) is 60.8 Å². The van der Waals surface area contributed by atoms with Crippen LogP contribution < -0.4 is 5.32 Å². The SMILES string of the molecule is CCOC(=O)CCC(=O)N[C@@H](C(=O)O)[C@@H](CC(=O)OCC)C(=O)OCC. The van der Waals surface area contributed by atoms with Crippen molar-refractivity contribution in [1.29, 1.82) is 0 Å². The maximum atomic E-state index is 12.0. The summed E-state index contributed by atoms with van der Waals surface area (Å²) in [4.78, 5) is 58.4. The Balaban J connectivity index is 5.10. The number of carboxylic acids is 1. The van der Waals surface area contributed by atoms with Crippen LogP contribution in [0.4, 0.5) is 0 Å². The molecule has 1 amide bonds. The molecule has 0 aromatic carbocycles. The van der Waals surface area contributed by atoms with Crippen molar-refractivity contribution in [2.45, 2.75) is 46.1 Å². The number of hydrogen-bond acceptors (Lipinski definition) is 8. The molecule has 0 aliphatic rings. The molecule has 0 bridgehead atoms. The highest BCUT2D eigenvalue weighted by Gasteiger charge is 2.38. The number of rotatable bonds is 12. The van der Waals surface area contributed by atoms with E-state index >= 15 is 0 Å². The number of carbonyl (C=O) groups is 5. The van der Waals surface area contributed by atoms with Crippen molar-refractivity contribution < 1.29 is 43.3 Å². The normalized spacial score (nSPS) is 12.4. The summed E-state index contributed by atoms with van der Waals surface area (Å²) in [5, 5.41) is 11.5. The second-order valence-electron chi connectivity index (χ2n) is 5.06. The molecule has 148 valence electrons. The van der Waals surface area contributed by atoms with Crippen LogP contribution in [0.3, 0.4) is 0 Å². The molecule has 0 aromatic heterocycles. The van der Waals surface area contributed by atoms with Gasteiger partial charge in [-0.25, -0.2) is 4.79 Å². The van der Waals surface area contributed by atoms with Gasteiger partial charge in [-0.2, -0.15) is 0 Å². The lowest BCUT2D eigenvalue weighted by Gasteiger charge is -2.22. The van der Waals surface area contributed by atoms with Gasteiger partial charge in [-0.3, -0.25) is 19.2 Å². The first-order valence-corrected chi connectivity index (χ1v) is 8.26. The smallest absolute Gasteiger partial charge is 0.327 e. The molecule has 0 aliphatic heterocycles. The fraction of sp³-hybridized carbons (Fsp3) is 0.688. The standard InChI is InChI=1S/C16H25NO9/c1-4-24-12(19)8-7-11(18)17-14(15(21)22)10(16(23)26-6-3)9-13(20)25-5-2/h10,14H,4-9H2,1-3H3,(H,17,18)(H,21,22)/t10-,14-/m1/s1. The van der Waals surface area contributed by atoms with Gasteiger partial charge in [-0.1, -0.05) is 0 Å². The summed E-state index contributed by atoms with van der Waals surface area (Å²) in [5.41, 5.74) is 0. The van der Waals surface area contributed by atoms with E-state index in [2.05, 4.69) is 10.1 Å². The van der Waals surface area contributed by atoms with Crippen LogP contribution in [0.5, 0.6) is 0 Å². The van der Waals surface area contributed by atoms with Gasteiger partial charge in [0.2, 0.25) is 5.91 Å². The molecule has 0 saturated carbocycles. The second kappa shape index (κ2) is 12.7. The first-order chi connectivity index (χ1) is 12.3. The van der Waals surface area contributed by atoms with Gasteiger partial charge in [0, 0.05) is 6.42 Å². The Morgan fingerprint density at radius 1 is 0.846 bits per heavy atom. The number of nitrogens with one attached hydrogen (secondary N) is 1. The van der Waals surface area contributed by atoms with Crippen molar-refractivity contribution in [1.82, 2.24) is 5.32 Å². The largest absolute Gasteiger partial charge is 0.480 e. The summed E-state index contributed by atoms with van der Waals surface area (Å²) in [6.45, 7) is 4.87. The minimum absolute atomic E-state index is 0.0265. The monoisotopic (exact) mass is 375 g/mol. The van der Waals surface area contributed by atoms with Gasteiger partial charge in [0.1, 0.15) is 6.04 Å². The summed E-state index contributed by atoms with van der Waals surface area (Å²) in [6, 6.07) is -1.70. The highest BCUT2D eigenvalue weighted by Crippen LogP contribution is 2.14. The molecule has 2 atom stereocenters. The van der Waals surface area contributed by atoms with Crippen LogP contribution in [0.15, 0.2) is 0 Å². The molecular weight excluding hydrogens is 350 g/mol. The van der Waals surface area contributed by atoms with E-state index in [-0.39, 0.29) is 32.7 Å². The Kier molecular flexibility index (Phi) is 11.4. The quantitative estimate of drug-likeness (QED) is 0.356. The Morgan fingerprint density at radius 2 is 1.38 bits per heavy atom. The molecule has 0 fully saturated rings. The zero-order chi connectivity index (χ0) is 20.1. The minimum Gasteiger partial charge on any atom is -0.480 e. The molecule has 0 aromatic rings. The number of amides is 1. The maximum Gasteiger partial charge on any atom is 0.327 e. The van der Waals surface area contributed by atoms with E-state index in [1.54, 1.807) is 13.8 Å². The molecule has 0 saturated heterocycles. The molecule has 0 spiro atoms. The highest BCUT2D eigenvalue weighted by atomic mass is 16.5. The van der Waals surface area contributed by atoms with E-state index < -0.39 is 48.2 Å². The predicted molar refractivity (Wildman–Crippen MR) is 86.8 cm³/mol. The van der Waals surface area contributed by atoms with Crippen LogP contribution >= 0.6 is 0 Å². The zero-order valence-electron chi connectivity index (χ0n) is 15.1. The Hall–Kier alpha value is -2.65. The van der Waals surface area contributed by atoms with Crippen molar-refractivity contribution in [3.8, 4) is 0 Å². The van der Waals surface area contributed by atoms with Crippen molar-refractivity contribution in [2.75, 3.05) is 19.8 Å². The molecule has 10 heteroatoms. The van der Waals surface area contributed by atoms with Crippen LogP contribution in [-0.2, 0) is 38.2 Å². The van der Waals surface area contributed by atoms with Gasteiger partial charge in [-0.15, -0.1) is 0 Å². The van der Waals surface area contributed by atoms with Crippen molar-refractivity contribution in [2.24, 2.45) is 5.92 Å². The third kappa shape index (κ3) is 9.00. The first-order valence-electron chi connectivity index (χ1n) is 8.26. The Labute approximate surface area is 151 Å². The molecule has 0 unspecified atom stereocenters. The van der Waals surface area contributed by atoms with E-state index in [0.717, 1.165) is 0 Å². The molecule has 10 nitrogen and oxygen atoms in total. The summed E-state index contributed by atoms with van der Waals surface area (Å²) < 4.78 is 14.2. The minimum atomic E-state index is -1.70. The summed E-state index contributed by atoms with van der Waals surface area (Å²) in [6.07, 6.45) is -1.13. The number of carboxylic acid groups (broad SMARTS) is 1. The number of ether oxygens (including phenoxy) is 3. The van der Waals surface area contributed by atoms with Gasteiger partial charge in [0.25, 0.3) is 0 Å².